The summed E-state index contributed by atoms with van der Waals surface area (Å²) in [5.74, 6) is 0. The molecule has 14 rings (SSSR count). The van der Waals surface area contributed by atoms with Crippen molar-refractivity contribution in [1.82, 2.24) is 4.98 Å². The highest BCUT2D eigenvalue weighted by molar-refractivity contribution is 6.73. The molecule has 0 amide bonds. The lowest BCUT2D eigenvalue weighted by atomic mass is 9.56. The van der Waals surface area contributed by atoms with Gasteiger partial charge in [-0.05, 0) is 119 Å². The summed E-state index contributed by atoms with van der Waals surface area (Å²) in [6, 6.07) is 62.7. The van der Waals surface area contributed by atoms with Crippen LogP contribution >= 0.6 is 0 Å². The molecule has 0 unspecified atom stereocenters. The van der Waals surface area contributed by atoms with Gasteiger partial charge in [0, 0.05) is 55.2 Å². The lowest BCUT2D eigenvalue weighted by Gasteiger charge is -2.40. The van der Waals surface area contributed by atoms with Gasteiger partial charge in [-0.3, -0.25) is 0 Å². The van der Waals surface area contributed by atoms with Crippen LogP contribution in [0.3, 0.4) is 0 Å². The van der Waals surface area contributed by atoms with Gasteiger partial charge < -0.3 is 9.88 Å². The fourth-order valence-electron chi connectivity index (χ4n) is 13.1. The van der Waals surface area contributed by atoms with E-state index >= 15 is 0 Å². The van der Waals surface area contributed by atoms with E-state index < -0.39 is 0 Å². The number of hydrogen-bond acceptors (Lipinski definition) is 1. The molecule has 304 valence electrons. The highest BCUT2D eigenvalue weighted by atomic mass is 15.2. The largest absolute Gasteiger partial charge is 0.354 e. The molecule has 10 aromatic rings. The Morgan fingerprint density at radius 1 is 0.438 bits per heavy atom. The van der Waals surface area contributed by atoms with Gasteiger partial charge in [-0.1, -0.05) is 180 Å². The summed E-state index contributed by atoms with van der Waals surface area (Å²) < 4.78 is 0. The Morgan fingerprint density at radius 3 is 1.78 bits per heavy atom. The lowest BCUT2D eigenvalue weighted by Crippen LogP contribution is -2.43. The Balaban J connectivity index is 1.12. The van der Waals surface area contributed by atoms with Crippen molar-refractivity contribution in [3.8, 4) is 44.5 Å². The predicted octanol–water partition coefficient (Wildman–Crippen LogP) is 14.2. The van der Waals surface area contributed by atoms with Gasteiger partial charge in [-0.25, -0.2) is 0 Å². The Labute approximate surface area is 375 Å². The Kier molecular flexibility index (Phi) is 6.89. The number of aromatic nitrogens is 1. The van der Waals surface area contributed by atoms with Crippen LogP contribution in [0.1, 0.15) is 74.9 Å². The molecule has 0 fully saturated rings. The molecule has 3 aliphatic carbocycles. The first-order chi connectivity index (χ1) is 31.0. The van der Waals surface area contributed by atoms with Crippen molar-refractivity contribution in [2.45, 2.75) is 57.8 Å². The van der Waals surface area contributed by atoms with Crippen molar-refractivity contribution in [2.24, 2.45) is 0 Å². The molecule has 0 saturated carbocycles. The van der Waals surface area contributed by atoms with E-state index in [2.05, 4.69) is 215 Å². The maximum Gasteiger partial charge on any atom is 0.198 e. The summed E-state index contributed by atoms with van der Waals surface area (Å²) in [5, 5.41) is 5.11. The van der Waals surface area contributed by atoms with Gasteiger partial charge in [0.25, 0.3) is 0 Å². The van der Waals surface area contributed by atoms with E-state index in [9.17, 15) is 0 Å². The first-order valence-corrected chi connectivity index (χ1v) is 23.1. The number of nitrogens with zero attached hydrogens (tertiary/aromatic N) is 1. The zero-order valence-electron chi connectivity index (χ0n) is 37.2. The molecule has 2 heterocycles. The average Bonchev–Trinajstić information content (AvgIpc) is 3.96. The summed E-state index contributed by atoms with van der Waals surface area (Å²) in [6.07, 6.45) is 0. The Bertz CT molecular complexity index is 3750. The van der Waals surface area contributed by atoms with E-state index in [0.717, 1.165) is 7.28 Å². The van der Waals surface area contributed by atoms with Gasteiger partial charge in [-0.2, -0.15) is 0 Å². The van der Waals surface area contributed by atoms with Crippen LogP contribution in [-0.2, 0) is 16.2 Å². The number of aromatic amines is 1. The quantitative estimate of drug-likeness (QED) is 0.172. The summed E-state index contributed by atoms with van der Waals surface area (Å²) in [5.41, 5.74) is 27.5. The SMILES string of the molecule is CC1(C)c2ccccc2-c2cc(N3c4cc5c(cc4Bc4c(-c6cccc7c6[nH]c6ccc8ccccc8c67)cc6c(c43)C(C)(C)c3ccccc3-6)C(C)(C)c3ccccc3-5)ccc21. The number of benzene rings is 9. The molecule has 1 aliphatic heterocycles. The molecule has 64 heavy (non-hydrogen) atoms. The van der Waals surface area contributed by atoms with Crippen LogP contribution in [0.2, 0.25) is 0 Å². The minimum Gasteiger partial charge on any atom is -0.354 e. The zero-order valence-corrected chi connectivity index (χ0v) is 37.2. The molecular formula is C61H47BN2. The predicted molar refractivity (Wildman–Crippen MR) is 273 cm³/mol. The number of hydrogen-bond donors (Lipinski definition) is 1. The number of fused-ring (bicyclic) bond motifs is 17. The molecule has 4 aliphatic rings. The fraction of sp³-hybridized carbons (Fsp3) is 0.148. The van der Waals surface area contributed by atoms with Crippen molar-refractivity contribution < 1.29 is 0 Å². The maximum atomic E-state index is 4.00. The highest BCUT2D eigenvalue weighted by Crippen LogP contribution is 2.58. The second-order valence-electron chi connectivity index (χ2n) is 20.5. The second-order valence-corrected chi connectivity index (χ2v) is 20.5. The first-order valence-electron chi connectivity index (χ1n) is 23.1. The van der Waals surface area contributed by atoms with Crippen LogP contribution in [0.25, 0.3) is 77.1 Å². The Morgan fingerprint density at radius 2 is 1.03 bits per heavy atom. The summed E-state index contributed by atoms with van der Waals surface area (Å²) in [7, 11) is 0.830. The first kappa shape index (κ1) is 36.4. The summed E-state index contributed by atoms with van der Waals surface area (Å²) in [6.45, 7) is 14.5. The van der Waals surface area contributed by atoms with E-state index in [1.807, 2.05) is 0 Å². The van der Waals surface area contributed by atoms with Crippen LogP contribution in [-0.4, -0.2) is 12.3 Å². The number of anilines is 3. The molecule has 0 saturated heterocycles. The molecule has 0 bridgehead atoms. The third-order valence-corrected chi connectivity index (χ3v) is 16.2. The zero-order chi connectivity index (χ0) is 43.0. The van der Waals surface area contributed by atoms with E-state index in [1.165, 1.54) is 138 Å². The van der Waals surface area contributed by atoms with E-state index in [0.29, 0.717) is 0 Å². The Hall–Kier alpha value is -7.10. The van der Waals surface area contributed by atoms with Gasteiger partial charge in [0.15, 0.2) is 7.28 Å². The number of nitrogens with one attached hydrogen (secondary N) is 1. The molecule has 3 heteroatoms. The smallest absolute Gasteiger partial charge is 0.198 e. The van der Waals surface area contributed by atoms with Gasteiger partial charge in [0.05, 0.1) is 5.52 Å². The molecule has 1 aromatic heterocycles. The molecule has 0 radical (unpaired) electrons. The van der Waals surface area contributed by atoms with Crippen molar-refractivity contribution in [1.29, 1.82) is 0 Å². The van der Waals surface area contributed by atoms with Crippen LogP contribution in [0, 0.1) is 0 Å². The van der Waals surface area contributed by atoms with Crippen LogP contribution in [0.5, 0.6) is 0 Å². The standard InChI is InChI=1S/C61H47BN2/c1-59(2)46-23-12-9-18-37(46)42-30-35(27-28-49(42)59)64-53-32-43-38-19-10-13-24-47(38)60(3,4)50(43)33-51(53)62-56-45(31-44-39-20-11-14-25-48(39)61(5,6)55(44)58(56)64)40-21-15-22-41-54-36-17-8-7-16-34(36)26-29-52(54)63-57(40)41/h7-33,62-63H,1-6H3. The number of rotatable bonds is 2. The van der Waals surface area contributed by atoms with Crippen LogP contribution in [0.15, 0.2) is 164 Å². The lowest BCUT2D eigenvalue weighted by molar-refractivity contribution is 0.660. The molecule has 0 atom stereocenters. The number of para-hydroxylation sites is 1. The molecule has 2 nitrogen and oxygen atoms in total. The second kappa shape index (κ2) is 12.1. The van der Waals surface area contributed by atoms with E-state index in [4.69, 9.17) is 0 Å². The third kappa shape index (κ3) is 4.47. The molecule has 1 N–H and O–H groups in total. The molecule has 0 spiro atoms. The number of H-pyrrole nitrogens is 1. The van der Waals surface area contributed by atoms with E-state index in [-0.39, 0.29) is 16.2 Å². The third-order valence-electron chi connectivity index (χ3n) is 16.2. The minimum absolute atomic E-state index is 0.0834. The monoisotopic (exact) mass is 818 g/mol. The van der Waals surface area contributed by atoms with Crippen molar-refractivity contribution >= 4 is 67.8 Å². The summed E-state index contributed by atoms with van der Waals surface area (Å²) >= 11 is 0. The van der Waals surface area contributed by atoms with Crippen molar-refractivity contribution in [3.05, 3.63) is 197 Å². The van der Waals surface area contributed by atoms with Crippen molar-refractivity contribution in [2.75, 3.05) is 4.90 Å². The average molecular weight is 819 g/mol. The fourth-order valence-corrected chi connectivity index (χ4v) is 13.1. The highest BCUT2D eigenvalue weighted by Gasteiger charge is 2.45. The van der Waals surface area contributed by atoms with Crippen molar-refractivity contribution in [3.63, 3.8) is 0 Å². The molecule has 9 aromatic carbocycles. The van der Waals surface area contributed by atoms with Gasteiger partial charge in [0.2, 0.25) is 0 Å². The van der Waals surface area contributed by atoms with Gasteiger partial charge in [0.1, 0.15) is 0 Å². The van der Waals surface area contributed by atoms with Gasteiger partial charge >= 0.3 is 0 Å². The maximum absolute atomic E-state index is 4.00. The van der Waals surface area contributed by atoms with Gasteiger partial charge in [-0.15, -0.1) is 0 Å². The van der Waals surface area contributed by atoms with Crippen LogP contribution in [0.4, 0.5) is 17.1 Å². The molecular weight excluding hydrogens is 771 g/mol. The van der Waals surface area contributed by atoms with Crippen LogP contribution < -0.4 is 15.8 Å². The summed E-state index contributed by atoms with van der Waals surface area (Å²) in [4.78, 5) is 6.70. The topological polar surface area (TPSA) is 19.0 Å². The minimum atomic E-state index is -0.243. The van der Waals surface area contributed by atoms with E-state index in [1.54, 1.807) is 0 Å². The normalized spacial score (nSPS) is 16.1.